The van der Waals surface area contributed by atoms with Crippen LogP contribution in [0.4, 0.5) is 14.6 Å². The maximum absolute atomic E-state index is 14.0. The predicted octanol–water partition coefficient (Wildman–Crippen LogP) is 2.94. The molecule has 0 N–H and O–H groups in total. The zero-order chi connectivity index (χ0) is 17.1. The summed E-state index contributed by atoms with van der Waals surface area (Å²) in [7, 11) is 0. The highest BCUT2D eigenvalue weighted by Crippen LogP contribution is 2.20. The van der Waals surface area contributed by atoms with Gasteiger partial charge < -0.3 is 4.90 Å². The molecule has 1 aliphatic heterocycles. The lowest BCUT2D eigenvalue weighted by Gasteiger charge is -2.40. The van der Waals surface area contributed by atoms with Gasteiger partial charge in [0.2, 0.25) is 5.95 Å². The third kappa shape index (κ3) is 3.52. The first-order valence-electron chi connectivity index (χ1n) is 7.87. The van der Waals surface area contributed by atoms with Crippen molar-refractivity contribution in [1.82, 2.24) is 9.88 Å². The number of pyridine rings is 1. The Morgan fingerprint density at radius 1 is 1.25 bits per heavy atom. The van der Waals surface area contributed by atoms with Crippen LogP contribution in [-0.2, 0) is 6.54 Å². The summed E-state index contributed by atoms with van der Waals surface area (Å²) in [6.07, 6.45) is 0. The van der Waals surface area contributed by atoms with Crippen LogP contribution >= 0.6 is 0 Å². The van der Waals surface area contributed by atoms with Crippen molar-refractivity contribution in [3.63, 3.8) is 0 Å². The summed E-state index contributed by atoms with van der Waals surface area (Å²) in [5.41, 5.74) is 0.908. The van der Waals surface area contributed by atoms with E-state index in [1.807, 2.05) is 13.0 Å². The molecule has 0 saturated carbocycles. The Morgan fingerprint density at radius 3 is 2.75 bits per heavy atom. The second-order valence-corrected chi connectivity index (χ2v) is 6.01. The van der Waals surface area contributed by atoms with Gasteiger partial charge >= 0.3 is 0 Å². The molecule has 6 heteroatoms. The number of benzene rings is 1. The van der Waals surface area contributed by atoms with Gasteiger partial charge in [-0.25, -0.2) is 9.37 Å². The first-order valence-corrected chi connectivity index (χ1v) is 7.87. The zero-order valence-electron chi connectivity index (χ0n) is 13.4. The summed E-state index contributed by atoms with van der Waals surface area (Å²) in [6.45, 7) is 4.72. The lowest BCUT2D eigenvalue weighted by atomic mass is 10.1. The molecule has 4 nitrogen and oxygen atoms in total. The van der Waals surface area contributed by atoms with Crippen molar-refractivity contribution in [3.05, 3.63) is 59.3 Å². The SMILES string of the molecule is CC1CN(Cc2ccc(C#N)cc2F)CCN1c1cccc(F)n1. The standard InChI is InChI=1S/C18H18F2N4/c1-13-11-23(12-15-6-5-14(10-21)9-16(15)19)7-8-24(13)18-4-2-3-17(20)22-18/h2-6,9,13H,7-8,11-12H2,1H3. The molecule has 124 valence electrons. The lowest BCUT2D eigenvalue weighted by molar-refractivity contribution is 0.217. The van der Waals surface area contributed by atoms with Gasteiger partial charge in [0.1, 0.15) is 11.6 Å². The molecule has 1 aromatic carbocycles. The van der Waals surface area contributed by atoms with E-state index in [0.29, 0.717) is 30.0 Å². The van der Waals surface area contributed by atoms with Crippen molar-refractivity contribution in [2.75, 3.05) is 24.5 Å². The fourth-order valence-corrected chi connectivity index (χ4v) is 3.06. The molecule has 1 unspecified atom stereocenters. The van der Waals surface area contributed by atoms with Crippen molar-refractivity contribution in [1.29, 1.82) is 5.26 Å². The van der Waals surface area contributed by atoms with Gasteiger partial charge in [0.05, 0.1) is 11.6 Å². The molecule has 2 aromatic rings. The molecule has 2 heterocycles. The first-order chi connectivity index (χ1) is 11.6. The quantitative estimate of drug-likeness (QED) is 0.813. The zero-order valence-corrected chi connectivity index (χ0v) is 13.4. The van der Waals surface area contributed by atoms with E-state index in [2.05, 4.69) is 14.8 Å². The third-order valence-corrected chi connectivity index (χ3v) is 4.28. The Morgan fingerprint density at radius 2 is 2.08 bits per heavy atom. The molecule has 0 amide bonds. The molecule has 1 fully saturated rings. The molecule has 0 bridgehead atoms. The molecule has 0 radical (unpaired) electrons. The molecule has 1 aromatic heterocycles. The molecule has 3 rings (SSSR count). The summed E-state index contributed by atoms with van der Waals surface area (Å²) in [5.74, 6) is -0.204. The molecular formula is C18H18F2N4. The van der Waals surface area contributed by atoms with Crippen LogP contribution in [0.25, 0.3) is 0 Å². The monoisotopic (exact) mass is 328 g/mol. The number of aromatic nitrogens is 1. The van der Waals surface area contributed by atoms with E-state index < -0.39 is 5.95 Å². The Labute approximate surface area is 140 Å². The summed E-state index contributed by atoms with van der Waals surface area (Å²) >= 11 is 0. The van der Waals surface area contributed by atoms with E-state index in [-0.39, 0.29) is 11.9 Å². The fraction of sp³-hybridized carbons (Fsp3) is 0.333. The summed E-state index contributed by atoms with van der Waals surface area (Å²) in [4.78, 5) is 8.16. The first kappa shape index (κ1) is 16.3. The molecular weight excluding hydrogens is 310 g/mol. The Balaban J connectivity index is 1.67. The molecule has 0 aliphatic carbocycles. The largest absolute Gasteiger partial charge is 0.351 e. The van der Waals surface area contributed by atoms with E-state index >= 15 is 0 Å². The third-order valence-electron chi connectivity index (χ3n) is 4.28. The Hall–Kier alpha value is -2.52. The van der Waals surface area contributed by atoms with Gasteiger partial charge in [0.15, 0.2) is 0 Å². The Kier molecular flexibility index (Phi) is 4.72. The van der Waals surface area contributed by atoms with Gasteiger partial charge in [-0.2, -0.15) is 9.65 Å². The van der Waals surface area contributed by atoms with E-state index in [0.717, 1.165) is 13.1 Å². The molecule has 1 saturated heterocycles. The van der Waals surface area contributed by atoms with Gasteiger partial charge in [0.25, 0.3) is 0 Å². The molecule has 24 heavy (non-hydrogen) atoms. The summed E-state index contributed by atoms with van der Waals surface area (Å²) in [5, 5.41) is 8.80. The van der Waals surface area contributed by atoms with E-state index in [9.17, 15) is 8.78 Å². The summed E-state index contributed by atoms with van der Waals surface area (Å²) < 4.78 is 27.3. The van der Waals surface area contributed by atoms with E-state index in [1.165, 1.54) is 12.1 Å². The minimum absolute atomic E-state index is 0.148. The van der Waals surface area contributed by atoms with Crippen molar-refractivity contribution in [3.8, 4) is 6.07 Å². The van der Waals surface area contributed by atoms with Crippen molar-refractivity contribution >= 4 is 5.82 Å². The average molecular weight is 328 g/mol. The van der Waals surface area contributed by atoms with E-state index in [4.69, 9.17) is 5.26 Å². The summed E-state index contributed by atoms with van der Waals surface area (Å²) in [6, 6.07) is 11.4. The van der Waals surface area contributed by atoms with Crippen LogP contribution in [0.5, 0.6) is 0 Å². The average Bonchev–Trinajstić information content (AvgIpc) is 2.57. The topological polar surface area (TPSA) is 43.2 Å². The van der Waals surface area contributed by atoms with Crippen LogP contribution in [0.15, 0.2) is 36.4 Å². The van der Waals surface area contributed by atoms with Crippen molar-refractivity contribution < 1.29 is 8.78 Å². The maximum atomic E-state index is 14.0. The van der Waals surface area contributed by atoms with Gasteiger partial charge in [-0.05, 0) is 31.2 Å². The van der Waals surface area contributed by atoms with Crippen LogP contribution in [0.1, 0.15) is 18.1 Å². The second kappa shape index (κ2) is 6.93. The van der Waals surface area contributed by atoms with Gasteiger partial charge in [-0.1, -0.05) is 12.1 Å². The number of halogens is 2. The van der Waals surface area contributed by atoms with E-state index in [1.54, 1.807) is 24.3 Å². The number of hydrogen-bond donors (Lipinski definition) is 0. The molecule has 1 atom stereocenters. The number of rotatable bonds is 3. The van der Waals surface area contributed by atoms with Crippen LogP contribution < -0.4 is 4.90 Å². The van der Waals surface area contributed by atoms with Crippen LogP contribution in [0.2, 0.25) is 0 Å². The normalized spacial score (nSPS) is 18.4. The highest BCUT2D eigenvalue weighted by Gasteiger charge is 2.25. The smallest absolute Gasteiger partial charge is 0.214 e. The number of piperazine rings is 1. The van der Waals surface area contributed by atoms with Crippen LogP contribution in [-0.4, -0.2) is 35.6 Å². The number of nitriles is 1. The number of hydrogen-bond acceptors (Lipinski definition) is 4. The van der Waals surface area contributed by atoms with Crippen molar-refractivity contribution in [2.24, 2.45) is 0 Å². The predicted molar refractivity (Wildman–Crippen MR) is 87.4 cm³/mol. The highest BCUT2D eigenvalue weighted by molar-refractivity contribution is 5.40. The van der Waals surface area contributed by atoms with Crippen molar-refractivity contribution in [2.45, 2.75) is 19.5 Å². The highest BCUT2D eigenvalue weighted by atomic mass is 19.1. The minimum atomic E-state index is -0.484. The van der Waals surface area contributed by atoms with Crippen LogP contribution in [0.3, 0.4) is 0 Å². The van der Waals surface area contributed by atoms with Crippen LogP contribution in [0, 0.1) is 23.1 Å². The Bertz CT molecular complexity index is 772. The second-order valence-electron chi connectivity index (χ2n) is 6.01. The number of nitrogens with zero attached hydrogens (tertiary/aromatic N) is 4. The minimum Gasteiger partial charge on any atom is -0.351 e. The number of anilines is 1. The lowest BCUT2D eigenvalue weighted by Crippen LogP contribution is -2.52. The van der Waals surface area contributed by atoms with Gasteiger partial charge in [-0.15, -0.1) is 0 Å². The van der Waals surface area contributed by atoms with Gasteiger partial charge in [0, 0.05) is 37.8 Å². The molecule has 1 aliphatic rings. The molecule has 0 spiro atoms. The fourth-order valence-electron chi connectivity index (χ4n) is 3.06. The van der Waals surface area contributed by atoms with Gasteiger partial charge in [-0.3, -0.25) is 4.90 Å². The maximum Gasteiger partial charge on any atom is 0.214 e.